The summed E-state index contributed by atoms with van der Waals surface area (Å²) >= 11 is 0. The number of nitrogens with zero attached hydrogens (tertiary/aromatic N) is 2. The van der Waals surface area contributed by atoms with E-state index >= 15 is 0 Å². The highest BCUT2D eigenvalue weighted by molar-refractivity contribution is 5.76. The van der Waals surface area contributed by atoms with Crippen molar-refractivity contribution in [1.29, 1.82) is 0 Å². The molecule has 0 fully saturated rings. The maximum absolute atomic E-state index is 11.1. The van der Waals surface area contributed by atoms with E-state index in [-0.39, 0.29) is 0 Å². The first-order valence-corrected chi connectivity index (χ1v) is 11.3. The molecule has 0 aliphatic heterocycles. The Bertz CT molecular complexity index is 948. The Labute approximate surface area is 185 Å². The molecular weight excluding hydrogens is 384 g/mol. The number of hydrogen-bond acceptors (Lipinski definition) is 3. The summed E-state index contributed by atoms with van der Waals surface area (Å²) in [6.07, 6.45) is 12.7. The zero-order chi connectivity index (χ0) is 22.1. The highest BCUT2D eigenvalue weighted by Gasteiger charge is 2.13. The Morgan fingerprint density at radius 2 is 1.32 bits per heavy atom. The molecule has 1 aromatic heterocycles. The lowest BCUT2D eigenvalue weighted by atomic mass is 9.97. The van der Waals surface area contributed by atoms with Gasteiger partial charge in [0.25, 0.3) is 0 Å². The van der Waals surface area contributed by atoms with Crippen molar-refractivity contribution < 1.29 is 9.90 Å². The maximum Gasteiger partial charge on any atom is 0.310 e. The fraction of sp³-hybridized carbons (Fsp3) is 0.370. The first-order valence-electron chi connectivity index (χ1n) is 11.3. The third-order valence-electron chi connectivity index (χ3n) is 5.78. The van der Waals surface area contributed by atoms with Gasteiger partial charge in [-0.25, -0.2) is 9.97 Å². The maximum atomic E-state index is 11.1. The van der Waals surface area contributed by atoms with Crippen LogP contribution in [0.25, 0.3) is 22.5 Å². The monoisotopic (exact) mass is 416 g/mol. The molecule has 3 aromatic rings. The van der Waals surface area contributed by atoms with Gasteiger partial charge in [-0.15, -0.1) is 0 Å². The topological polar surface area (TPSA) is 63.1 Å². The predicted molar refractivity (Wildman–Crippen MR) is 126 cm³/mol. The average Bonchev–Trinajstić information content (AvgIpc) is 2.81. The van der Waals surface area contributed by atoms with E-state index in [0.717, 1.165) is 34.5 Å². The summed E-state index contributed by atoms with van der Waals surface area (Å²) in [5.74, 6) is -0.573. The van der Waals surface area contributed by atoms with Crippen molar-refractivity contribution >= 4 is 5.97 Å². The molecule has 162 valence electrons. The van der Waals surface area contributed by atoms with Gasteiger partial charge in [-0.3, -0.25) is 4.79 Å². The number of hydrogen-bond donors (Lipinski definition) is 1. The predicted octanol–water partition coefficient (Wildman–Crippen LogP) is 6.90. The largest absolute Gasteiger partial charge is 0.481 e. The van der Waals surface area contributed by atoms with Gasteiger partial charge in [-0.05, 0) is 42.0 Å². The van der Waals surface area contributed by atoms with E-state index in [0.29, 0.717) is 0 Å². The fourth-order valence-electron chi connectivity index (χ4n) is 3.66. The number of aliphatic carboxylic acids is 1. The molecule has 1 unspecified atom stereocenters. The molecule has 0 spiro atoms. The number of benzene rings is 2. The van der Waals surface area contributed by atoms with Gasteiger partial charge in [0.2, 0.25) is 0 Å². The molecule has 1 N–H and O–H groups in total. The Morgan fingerprint density at radius 3 is 1.90 bits per heavy atom. The second kappa shape index (κ2) is 11.4. The van der Waals surface area contributed by atoms with Crippen LogP contribution in [0.2, 0.25) is 0 Å². The SMILES string of the molecule is CCCCCCCCc1cnc(-c2ccc(-c3ccc(C(C)C(=O)O)cc3)cc2)nc1. The molecule has 3 rings (SSSR count). The lowest BCUT2D eigenvalue weighted by Gasteiger charge is -2.09. The van der Waals surface area contributed by atoms with Crippen LogP contribution in [0.4, 0.5) is 0 Å². The standard InChI is InChI=1S/C27H32N2O2/c1-3-4-5-6-7-8-9-21-18-28-26(29-19-21)25-16-14-24(15-17-25)23-12-10-22(11-13-23)20(2)27(30)31/h10-20H,3-9H2,1-2H3,(H,30,31). The molecule has 0 radical (unpaired) electrons. The van der Waals surface area contributed by atoms with Crippen LogP contribution in [0.15, 0.2) is 60.9 Å². The normalized spacial score (nSPS) is 11.9. The van der Waals surface area contributed by atoms with Gasteiger partial charge < -0.3 is 5.11 Å². The van der Waals surface area contributed by atoms with Crippen molar-refractivity contribution in [3.63, 3.8) is 0 Å². The first kappa shape index (κ1) is 22.7. The second-order valence-corrected chi connectivity index (χ2v) is 8.19. The summed E-state index contributed by atoms with van der Waals surface area (Å²) in [6.45, 7) is 3.94. The van der Waals surface area contributed by atoms with E-state index in [2.05, 4.69) is 29.0 Å². The van der Waals surface area contributed by atoms with Crippen LogP contribution in [0.1, 0.15) is 69.4 Å². The molecule has 0 aliphatic rings. The quantitative estimate of drug-likeness (QED) is 0.345. The fourth-order valence-corrected chi connectivity index (χ4v) is 3.66. The van der Waals surface area contributed by atoms with Gasteiger partial charge in [-0.1, -0.05) is 87.6 Å². The number of carbonyl (C=O) groups is 1. The molecule has 2 aromatic carbocycles. The van der Waals surface area contributed by atoms with Gasteiger partial charge in [0.15, 0.2) is 5.82 Å². The minimum absolute atomic E-state index is 0.502. The molecule has 1 atom stereocenters. The number of aryl methyl sites for hydroxylation is 1. The Balaban J connectivity index is 1.58. The molecule has 0 bridgehead atoms. The first-order chi connectivity index (χ1) is 15.1. The second-order valence-electron chi connectivity index (χ2n) is 8.19. The minimum Gasteiger partial charge on any atom is -0.481 e. The smallest absolute Gasteiger partial charge is 0.310 e. The highest BCUT2D eigenvalue weighted by atomic mass is 16.4. The Hall–Kier alpha value is -3.01. The summed E-state index contributed by atoms with van der Waals surface area (Å²) in [6, 6.07) is 15.9. The van der Waals surface area contributed by atoms with Crippen LogP contribution in [0, 0.1) is 0 Å². The van der Waals surface area contributed by atoms with E-state index in [1.807, 2.05) is 48.8 Å². The van der Waals surface area contributed by atoms with Crippen molar-refractivity contribution in [3.8, 4) is 22.5 Å². The van der Waals surface area contributed by atoms with Crippen LogP contribution >= 0.6 is 0 Å². The van der Waals surface area contributed by atoms with Crippen LogP contribution in [-0.2, 0) is 11.2 Å². The molecule has 0 saturated carbocycles. The van der Waals surface area contributed by atoms with Crippen molar-refractivity contribution in [2.45, 2.75) is 64.7 Å². The molecule has 4 heteroatoms. The van der Waals surface area contributed by atoms with Gasteiger partial charge in [0.05, 0.1) is 5.92 Å². The average molecular weight is 417 g/mol. The van der Waals surface area contributed by atoms with Crippen molar-refractivity contribution in [3.05, 3.63) is 72.1 Å². The number of carboxylic acids is 1. The molecule has 0 aliphatic carbocycles. The number of carboxylic acid groups (broad SMARTS) is 1. The zero-order valence-electron chi connectivity index (χ0n) is 18.6. The van der Waals surface area contributed by atoms with Crippen LogP contribution < -0.4 is 0 Å². The molecule has 0 amide bonds. The number of aromatic nitrogens is 2. The number of rotatable bonds is 11. The van der Waals surface area contributed by atoms with E-state index in [9.17, 15) is 4.79 Å². The van der Waals surface area contributed by atoms with Crippen molar-refractivity contribution in [2.75, 3.05) is 0 Å². The van der Waals surface area contributed by atoms with E-state index in [1.165, 1.54) is 44.1 Å². The van der Waals surface area contributed by atoms with Gasteiger partial charge >= 0.3 is 5.97 Å². The minimum atomic E-state index is -0.810. The molecule has 0 saturated heterocycles. The van der Waals surface area contributed by atoms with Gasteiger partial charge in [0.1, 0.15) is 0 Å². The molecule has 1 heterocycles. The van der Waals surface area contributed by atoms with Crippen LogP contribution in [0.3, 0.4) is 0 Å². The van der Waals surface area contributed by atoms with Crippen LogP contribution in [0.5, 0.6) is 0 Å². The summed E-state index contributed by atoms with van der Waals surface area (Å²) in [5, 5.41) is 9.15. The summed E-state index contributed by atoms with van der Waals surface area (Å²) in [7, 11) is 0. The summed E-state index contributed by atoms with van der Waals surface area (Å²) in [5.41, 5.74) is 5.14. The van der Waals surface area contributed by atoms with Crippen molar-refractivity contribution in [1.82, 2.24) is 9.97 Å². The van der Waals surface area contributed by atoms with Gasteiger partial charge in [0, 0.05) is 18.0 Å². The molecule has 31 heavy (non-hydrogen) atoms. The zero-order valence-corrected chi connectivity index (χ0v) is 18.6. The van der Waals surface area contributed by atoms with Crippen LogP contribution in [-0.4, -0.2) is 21.0 Å². The summed E-state index contributed by atoms with van der Waals surface area (Å²) in [4.78, 5) is 20.3. The van der Waals surface area contributed by atoms with Gasteiger partial charge in [-0.2, -0.15) is 0 Å². The number of unbranched alkanes of at least 4 members (excludes halogenated alkanes) is 5. The van der Waals surface area contributed by atoms with E-state index in [1.54, 1.807) is 6.92 Å². The van der Waals surface area contributed by atoms with E-state index < -0.39 is 11.9 Å². The lowest BCUT2D eigenvalue weighted by molar-refractivity contribution is -0.138. The third kappa shape index (κ3) is 6.48. The third-order valence-corrected chi connectivity index (χ3v) is 5.78. The summed E-state index contributed by atoms with van der Waals surface area (Å²) < 4.78 is 0. The molecule has 4 nitrogen and oxygen atoms in total. The van der Waals surface area contributed by atoms with E-state index in [4.69, 9.17) is 5.11 Å². The highest BCUT2D eigenvalue weighted by Crippen LogP contribution is 2.25. The Kier molecular flexibility index (Phi) is 8.34. The lowest BCUT2D eigenvalue weighted by Crippen LogP contribution is -2.06. The molecular formula is C27H32N2O2. The Morgan fingerprint density at radius 1 is 0.806 bits per heavy atom. The van der Waals surface area contributed by atoms with Crippen molar-refractivity contribution in [2.24, 2.45) is 0 Å².